The first-order chi connectivity index (χ1) is 9.31. The lowest BCUT2D eigenvalue weighted by Crippen LogP contribution is -2.41. The lowest BCUT2D eigenvalue weighted by Gasteiger charge is -2.44. The van der Waals surface area contributed by atoms with Gasteiger partial charge < -0.3 is 10.6 Å². The van der Waals surface area contributed by atoms with Gasteiger partial charge in [0.15, 0.2) is 0 Å². The van der Waals surface area contributed by atoms with E-state index in [4.69, 9.17) is 5.73 Å². The number of nitrogens with two attached hydrogens (primary N) is 1. The quantitative estimate of drug-likeness (QED) is 0.887. The van der Waals surface area contributed by atoms with E-state index in [2.05, 4.69) is 14.9 Å². The van der Waals surface area contributed by atoms with Crippen LogP contribution in [0, 0.1) is 5.41 Å². The molecule has 1 saturated carbocycles. The van der Waals surface area contributed by atoms with Gasteiger partial charge >= 0.3 is 0 Å². The molecule has 19 heavy (non-hydrogen) atoms. The molecule has 1 spiro atoms. The van der Waals surface area contributed by atoms with Crippen molar-refractivity contribution in [1.82, 2.24) is 9.97 Å². The van der Waals surface area contributed by atoms with Gasteiger partial charge in [0.1, 0.15) is 0 Å². The third kappa shape index (κ3) is 2.73. The van der Waals surface area contributed by atoms with E-state index in [9.17, 15) is 0 Å². The Morgan fingerprint density at radius 3 is 2.21 bits per heavy atom. The molecular weight excluding hydrogens is 236 g/mol. The maximum Gasteiger partial charge on any atom is 0.225 e. The second kappa shape index (κ2) is 5.45. The fourth-order valence-corrected chi connectivity index (χ4v) is 3.60. The van der Waals surface area contributed by atoms with Crippen LogP contribution >= 0.6 is 0 Å². The molecule has 2 fully saturated rings. The van der Waals surface area contributed by atoms with Crippen LogP contribution in [0.3, 0.4) is 0 Å². The average Bonchev–Trinajstić information content (AvgIpc) is 2.49. The number of hydrogen-bond donors (Lipinski definition) is 1. The fraction of sp³-hybridized carbons (Fsp3) is 0.733. The summed E-state index contributed by atoms with van der Waals surface area (Å²) in [7, 11) is 0. The van der Waals surface area contributed by atoms with Gasteiger partial charge in [-0.2, -0.15) is 0 Å². The lowest BCUT2D eigenvalue weighted by atomic mass is 9.68. The summed E-state index contributed by atoms with van der Waals surface area (Å²) >= 11 is 0. The lowest BCUT2D eigenvalue weighted by molar-refractivity contribution is 0.144. The van der Waals surface area contributed by atoms with E-state index in [0.29, 0.717) is 12.0 Å². The molecule has 104 valence electrons. The maximum atomic E-state index is 5.58. The molecule has 2 N–H and O–H groups in total. The number of nitrogens with zero attached hydrogens (tertiary/aromatic N) is 3. The summed E-state index contributed by atoms with van der Waals surface area (Å²) in [5, 5.41) is 0. The monoisotopic (exact) mass is 260 g/mol. The summed E-state index contributed by atoms with van der Waals surface area (Å²) in [5.74, 6) is 0.878. The van der Waals surface area contributed by atoms with Crippen molar-refractivity contribution >= 4 is 5.95 Å². The van der Waals surface area contributed by atoms with E-state index in [-0.39, 0.29) is 0 Å². The van der Waals surface area contributed by atoms with Crippen molar-refractivity contribution in [3.8, 4) is 0 Å². The number of aromatic nitrogens is 2. The van der Waals surface area contributed by atoms with Crippen LogP contribution in [-0.4, -0.2) is 23.1 Å². The molecule has 1 aliphatic carbocycles. The number of anilines is 1. The van der Waals surface area contributed by atoms with E-state index in [0.717, 1.165) is 24.6 Å². The molecule has 1 aliphatic heterocycles. The fourth-order valence-electron chi connectivity index (χ4n) is 3.60. The van der Waals surface area contributed by atoms with Gasteiger partial charge in [0.05, 0.1) is 0 Å². The highest BCUT2D eigenvalue weighted by Crippen LogP contribution is 2.44. The summed E-state index contributed by atoms with van der Waals surface area (Å²) < 4.78 is 0. The minimum Gasteiger partial charge on any atom is -0.341 e. The Labute approximate surface area is 115 Å². The highest BCUT2D eigenvalue weighted by atomic mass is 15.2. The van der Waals surface area contributed by atoms with Gasteiger partial charge in [-0.1, -0.05) is 19.3 Å². The molecule has 3 rings (SSSR count). The second-order valence-electron chi connectivity index (χ2n) is 6.14. The first-order valence-electron chi connectivity index (χ1n) is 7.57. The van der Waals surface area contributed by atoms with Crippen molar-refractivity contribution < 1.29 is 0 Å². The Hall–Kier alpha value is -1.16. The highest BCUT2D eigenvalue weighted by Gasteiger charge is 2.35. The summed E-state index contributed by atoms with van der Waals surface area (Å²) in [5.41, 5.74) is 7.23. The molecule has 1 aromatic heterocycles. The van der Waals surface area contributed by atoms with Crippen molar-refractivity contribution in [2.75, 3.05) is 18.0 Å². The second-order valence-corrected chi connectivity index (χ2v) is 6.14. The van der Waals surface area contributed by atoms with Crippen LogP contribution in [0.1, 0.15) is 50.5 Å². The van der Waals surface area contributed by atoms with Gasteiger partial charge in [-0.05, 0) is 31.1 Å². The molecule has 0 unspecified atom stereocenters. The number of piperidine rings is 1. The molecule has 0 amide bonds. The van der Waals surface area contributed by atoms with E-state index in [1.807, 2.05) is 12.4 Å². The zero-order valence-corrected chi connectivity index (χ0v) is 11.6. The first kappa shape index (κ1) is 12.9. The van der Waals surface area contributed by atoms with Crippen molar-refractivity contribution in [1.29, 1.82) is 0 Å². The molecule has 1 saturated heterocycles. The molecule has 2 heterocycles. The molecule has 2 aliphatic rings. The van der Waals surface area contributed by atoms with Crippen molar-refractivity contribution in [3.05, 3.63) is 18.0 Å². The zero-order chi connectivity index (χ0) is 13.1. The van der Waals surface area contributed by atoms with Crippen LogP contribution in [0.5, 0.6) is 0 Å². The van der Waals surface area contributed by atoms with Crippen molar-refractivity contribution in [2.45, 2.75) is 51.5 Å². The highest BCUT2D eigenvalue weighted by molar-refractivity contribution is 5.31. The molecule has 0 aromatic carbocycles. The van der Waals surface area contributed by atoms with Crippen LogP contribution < -0.4 is 10.6 Å². The van der Waals surface area contributed by atoms with E-state index < -0.39 is 0 Å². The van der Waals surface area contributed by atoms with E-state index >= 15 is 0 Å². The predicted octanol–water partition coefficient (Wildman–Crippen LogP) is 2.49. The minimum absolute atomic E-state index is 0.517. The Morgan fingerprint density at radius 1 is 1.00 bits per heavy atom. The standard InChI is InChI=1S/C15H24N4/c16-10-13-11-17-14(18-12-13)19-8-6-15(7-9-19)4-2-1-3-5-15/h11-12H,1-10,16H2. The molecule has 0 bridgehead atoms. The van der Waals surface area contributed by atoms with Crippen molar-refractivity contribution in [2.24, 2.45) is 11.1 Å². The summed E-state index contributed by atoms with van der Waals surface area (Å²) in [6, 6.07) is 0. The molecule has 4 heteroatoms. The van der Waals surface area contributed by atoms with E-state index in [1.165, 1.54) is 44.9 Å². The Balaban J connectivity index is 1.62. The molecular formula is C15H24N4. The molecule has 0 radical (unpaired) electrons. The Bertz CT molecular complexity index is 399. The third-order valence-electron chi connectivity index (χ3n) is 4.95. The van der Waals surface area contributed by atoms with Crippen LogP contribution in [0.15, 0.2) is 12.4 Å². The minimum atomic E-state index is 0.517. The zero-order valence-electron chi connectivity index (χ0n) is 11.6. The maximum absolute atomic E-state index is 5.58. The van der Waals surface area contributed by atoms with Gasteiger partial charge in [0.25, 0.3) is 0 Å². The van der Waals surface area contributed by atoms with E-state index in [1.54, 1.807) is 0 Å². The molecule has 0 atom stereocenters. The van der Waals surface area contributed by atoms with Crippen molar-refractivity contribution in [3.63, 3.8) is 0 Å². The smallest absolute Gasteiger partial charge is 0.225 e. The molecule has 4 nitrogen and oxygen atoms in total. The van der Waals surface area contributed by atoms with Crippen LogP contribution in [0.4, 0.5) is 5.95 Å². The third-order valence-corrected chi connectivity index (χ3v) is 4.95. The SMILES string of the molecule is NCc1cnc(N2CCC3(CCCCC3)CC2)nc1. The Morgan fingerprint density at radius 2 is 1.63 bits per heavy atom. The van der Waals surface area contributed by atoms with Gasteiger partial charge in [-0.15, -0.1) is 0 Å². The predicted molar refractivity (Wildman–Crippen MR) is 76.9 cm³/mol. The topological polar surface area (TPSA) is 55.0 Å². The van der Waals surface area contributed by atoms with Crippen LogP contribution in [0.2, 0.25) is 0 Å². The number of rotatable bonds is 2. The summed E-state index contributed by atoms with van der Waals surface area (Å²) in [4.78, 5) is 11.2. The van der Waals surface area contributed by atoms with Crippen LogP contribution in [-0.2, 0) is 6.54 Å². The normalized spacial score (nSPS) is 22.7. The average molecular weight is 260 g/mol. The van der Waals surface area contributed by atoms with Gasteiger partial charge in [-0.25, -0.2) is 9.97 Å². The van der Waals surface area contributed by atoms with Crippen LogP contribution in [0.25, 0.3) is 0 Å². The summed E-state index contributed by atoms with van der Waals surface area (Å²) in [6.45, 7) is 2.74. The molecule has 1 aromatic rings. The Kier molecular flexibility index (Phi) is 3.69. The van der Waals surface area contributed by atoms with Gasteiger partial charge in [-0.3, -0.25) is 0 Å². The van der Waals surface area contributed by atoms with Gasteiger partial charge in [0.2, 0.25) is 5.95 Å². The number of hydrogen-bond acceptors (Lipinski definition) is 4. The first-order valence-corrected chi connectivity index (χ1v) is 7.57. The largest absolute Gasteiger partial charge is 0.341 e. The summed E-state index contributed by atoms with van der Waals surface area (Å²) in [6.07, 6.45) is 13.5. The van der Waals surface area contributed by atoms with Gasteiger partial charge in [0, 0.05) is 37.6 Å².